The molecule has 0 radical (unpaired) electrons. The van der Waals surface area contributed by atoms with Crippen molar-refractivity contribution >= 4 is 5.97 Å². The van der Waals surface area contributed by atoms with Gasteiger partial charge < -0.3 is 10.0 Å². The van der Waals surface area contributed by atoms with Gasteiger partial charge >= 0.3 is 5.97 Å². The summed E-state index contributed by atoms with van der Waals surface area (Å²) >= 11 is 0. The predicted molar refractivity (Wildman–Crippen MR) is 67.6 cm³/mol. The molecule has 0 saturated heterocycles. The lowest BCUT2D eigenvalue weighted by Gasteiger charge is -2.30. The standard InChI is InChI=1S/C13H27NO2/c1-6-10(3)8-12(7-2)14(5)9-11(4)13(15)16/h10-12H,6-9H2,1-5H3,(H,15,16). The van der Waals surface area contributed by atoms with E-state index in [1.165, 1.54) is 6.42 Å². The number of carboxylic acids is 1. The van der Waals surface area contributed by atoms with E-state index in [0.29, 0.717) is 18.5 Å². The van der Waals surface area contributed by atoms with Gasteiger partial charge in [0, 0.05) is 12.6 Å². The molecule has 0 amide bonds. The Morgan fingerprint density at radius 2 is 1.81 bits per heavy atom. The van der Waals surface area contributed by atoms with E-state index in [-0.39, 0.29) is 5.92 Å². The zero-order chi connectivity index (χ0) is 12.7. The number of hydrogen-bond donors (Lipinski definition) is 1. The molecule has 16 heavy (non-hydrogen) atoms. The van der Waals surface area contributed by atoms with Gasteiger partial charge in [0.15, 0.2) is 0 Å². The fourth-order valence-electron chi connectivity index (χ4n) is 1.95. The van der Waals surface area contributed by atoms with Crippen LogP contribution in [-0.4, -0.2) is 35.6 Å². The monoisotopic (exact) mass is 229 g/mol. The molecular formula is C13H27NO2. The van der Waals surface area contributed by atoms with Gasteiger partial charge in [0.05, 0.1) is 5.92 Å². The molecule has 0 spiro atoms. The normalized spacial score (nSPS) is 17.1. The molecule has 0 aliphatic heterocycles. The summed E-state index contributed by atoms with van der Waals surface area (Å²) in [6, 6.07) is 0.511. The Morgan fingerprint density at radius 3 is 2.19 bits per heavy atom. The zero-order valence-electron chi connectivity index (χ0n) is 11.4. The summed E-state index contributed by atoms with van der Waals surface area (Å²) in [7, 11) is 2.04. The molecule has 96 valence electrons. The first-order chi connectivity index (χ1) is 7.42. The van der Waals surface area contributed by atoms with Crippen molar-refractivity contribution in [3.63, 3.8) is 0 Å². The Balaban J connectivity index is 4.19. The minimum atomic E-state index is -0.703. The second-order valence-corrected chi connectivity index (χ2v) is 4.99. The summed E-state index contributed by atoms with van der Waals surface area (Å²) in [5, 5.41) is 8.89. The van der Waals surface area contributed by atoms with Crippen LogP contribution < -0.4 is 0 Å². The maximum absolute atomic E-state index is 10.8. The first-order valence-electron chi connectivity index (χ1n) is 6.35. The van der Waals surface area contributed by atoms with Gasteiger partial charge in [0.1, 0.15) is 0 Å². The molecule has 3 unspecified atom stereocenters. The van der Waals surface area contributed by atoms with E-state index < -0.39 is 5.97 Å². The molecule has 3 nitrogen and oxygen atoms in total. The molecule has 3 atom stereocenters. The Morgan fingerprint density at radius 1 is 1.25 bits per heavy atom. The van der Waals surface area contributed by atoms with Crippen molar-refractivity contribution in [2.24, 2.45) is 11.8 Å². The molecule has 0 aromatic rings. The molecule has 0 aromatic carbocycles. The van der Waals surface area contributed by atoms with Crippen LogP contribution in [0.5, 0.6) is 0 Å². The molecule has 0 saturated carbocycles. The van der Waals surface area contributed by atoms with E-state index in [9.17, 15) is 4.79 Å². The van der Waals surface area contributed by atoms with Crippen LogP contribution in [0.4, 0.5) is 0 Å². The van der Waals surface area contributed by atoms with Crippen LogP contribution in [0.15, 0.2) is 0 Å². The molecule has 0 heterocycles. The van der Waals surface area contributed by atoms with Crippen molar-refractivity contribution in [2.45, 2.75) is 53.0 Å². The van der Waals surface area contributed by atoms with Crippen LogP contribution in [0.1, 0.15) is 47.0 Å². The van der Waals surface area contributed by atoms with E-state index in [0.717, 1.165) is 12.8 Å². The van der Waals surface area contributed by atoms with Crippen LogP contribution in [0.2, 0.25) is 0 Å². The molecule has 0 rings (SSSR count). The summed E-state index contributed by atoms with van der Waals surface area (Å²) in [5.74, 6) is -0.270. The van der Waals surface area contributed by atoms with Crippen molar-refractivity contribution in [2.75, 3.05) is 13.6 Å². The van der Waals surface area contributed by atoms with Crippen molar-refractivity contribution < 1.29 is 9.90 Å². The summed E-state index contributed by atoms with van der Waals surface area (Å²) in [4.78, 5) is 13.0. The lowest BCUT2D eigenvalue weighted by Crippen LogP contribution is -2.37. The number of rotatable bonds is 8. The molecular weight excluding hydrogens is 202 g/mol. The van der Waals surface area contributed by atoms with Crippen LogP contribution >= 0.6 is 0 Å². The molecule has 0 bridgehead atoms. The van der Waals surface area contributed by atoms with Gasteiger partial charge in [0.25, 0.3) is 0 Å². The van der Waals surface area contributed by atoms with E-state index in [4.69, 9.17) is 5.11 Å². The average Bonchev–Trinajstić information content (AvgIpc) is 2.24. The van der Waals surface area contributed by atoms with Crippen LogP contribution in [0, 0.1) is 11.8 Å². The highest BCUT2D eigenvalue weighted by Crippen LogP contribution is 2.17. The van der Waals surface area contributed by atoms with Gasteiger partial charge in [-0.3, -0.25) is 4.79 Å². The van der Waals surface area contributed by atoms with E-state index >= 15 is 0 Å². The van der Waals surface area contributed by atoms with Gasteiger partial charge in [-0.05, 0) is 25.8 Å². The highest BCUT2D eigenvalue weighted by atomic mass is 16.4. The average molecular weight is 229 g/mol. The van der Waals surface area contributed by atoms with Crippen LogP contribution in [0.25, 0.3) is 0 Å². The highest BCUT2D eigenvalue weighted by molar-refractivity contribution is 5.69. The lowest BCUT2D eigenvalue weighted by molar-refractivity contribution is -0.141. The molecule has 0 aliphatic carbocycles. The third kappa shape index (κ3) is 5.50. The number of nitrogens with zero attached hydrogens (tertiary/aromatic N) is 1. The maximum atomic E-state index is 10.8. The fraction of sp³-hybridized carbons (Fsp3) is 0.923. The summed E-state index contributed by atoms with van der Waals surface area (Å²) in [6.45, 7) is 9.06. The number of carbonyl (C=O) groups is 1. The van der Waals surface area contributed by atoms with Gasteiger partial charge in [0.2, 0.25) is 0 Å². The number of carboxylic acid groups (broad SMARTS) is 1. The Kier molecular flexibility index (Phi) is 7.39. The molecule has 0 aromatic heterocycles. The Bertz CT molecular complexity index is 206. The predicted octanol–water partition coefficient (Wildman–Crippen LogP) is 2.85. The molecule has 3 heteroatoms. The SMILES string of the molecule is CCC(C)CC(CC)N(C)CC(C)C(=O)O. The highest BCUT2D eigenvalue weighted by Gasteiger charge is 2.20. The van der Waals surface area contributed by atoms with Crippen molar-refractivity contribution in [3.05, 3.63) is 0 Å². The summed E-state index contributed by atoms with van der Waals surface area (Å²) < 4.78 is 0. The van der Waals surface area contributed by atoms with E-state index in [2.05, 4.69) is 25.7 Å². The second kappa shape index (κ2) is 7.66. The smallest absolute Gasteiger partial charge is 0.307 e. The summed E-state index contributed by atoms with van der Waals surface area (Å²) in [5.41, 5.74) is 0. The number of aliphatic carboxylic acids is 1. The Labute approximate surface area is 99.8 Å². The first-order valence-corrected chi connectivity index (χ1v) is 6.35. The molecule has 0 aliphatic rings. The molecule has 1 N–H and O–H groups in total. The van der Waals surface area contributed by atoms with Crippen LogP contribution in [-0.2, 0) is 4.79 Å². The third-order valence-corrected chi connectivity index (χ3v) is 3.45. The van der Waals surface area contributed by atoms with Gasteiger partial charge in [-0.25, -0.2) is 0 Å². The minimum absolute atomic E-state index is 0.281. The largest absolute Gasteiger partial charge is 0.481 e. The van der Waals surface area contributed by atoms with Gasteiger partial charge in [-0.2, -0.15) is 0 Å². The van der Waals surface area contributed by atoms with Crippen molar-refractivity contribution in [3.8, 4) is 0 Å². The van der Waals surface area contributed by atoms with Gasteiger partial charge in [-0.15, -0.1) is 0 Å². The van der Waals surface area contributed by atoms with Crippen LogP contribution in [0.3, 0.4) is 0 Å². The van der Waals surface area contributed by atoms with E-state index in [1.54, 1.807) is 6.92 Å². The molecule has 0 fully saturated rings. The zero-order valence-corrected chi connectivity index (χ0v) is 11.4. The van der Waals surface area contributed by atoms with Gasteiger partial charge in [-0.1, -0.05) is 34.1 Å². The number of hydrogen-bond acceptors (Lipinski definition) is 2. The second-order valence-electron chi connectivity index (χ2n) is 4.99. The fourth-order valence-corrected chi connectivity index (χ4v) is 1.95. The van der Waals surface area contributed by atoms with Crippen molar-refractivity contribution in [1.29, 1.82) is 0 Å². The van der Waals surface area contributed by atoms with Crippen molar-refractivity contribution in [1.82, 2.24) is 4.90 Å². The topological polar surface area (TPSA) is 40.5 Å². The quantitative estimate of drug-likeness (QED) is 0.695. The lowest BCUT2D eigenvalue weighted by atomic mass is 9.96. The minimum Gasteiger partial charge on any atom is -0.481 e. The third-order valence-electron chi connectivity index (χ3n) is 3.45. The first kappa shape index (κ1) is 15.4. The Hall–Kier alpha value is -0.570. The summed E-state index contributed by atoms with van der Waals surface area (Å²) in [6.07, 6.45) is 3.45. The maximum Gasteiger partial charge on any atom is 0.307 e. The van der Waals surface area contributed by atoms with E-state index in [1.807, 2.05) is 7.05 Å².